The standard InChI is InChI=1S/C12H20N2O3/c1-10-9-14-12(8-11(10)13)17-5-3-4-16-7-6-15-2/h8-9H,3-7H2,1-2H3,(H2,13,14). The van der Waals surface area contributed by atoms with Gasteiger partial charge in [-0.1, -0.05) is 0 Å². The minimum absolute atomic E-state index is 0.560. The number of rotatable bonds is 8. The Labute approximate surface area is 102 Å². The molecule has 0 saturated heterocycles. The molecule has 17 heavy (non-hydrogen) atoms. The van der Waals surface area contributed by atoms with E-state index >= 15 is 0 Å². The number of aromatic nitrogens is 1. The molecule has 1 rings (SSSR count). The van der Waals surface area contributed by atoms with Crippen molar-refractivity contribution in [2.45, 2.75) is 13.3 Å². The second-order valence-corrected chi connectivity index (χ2v) is 3.69. The van der Waals surface area contributed by atoms with Crippen molar-refractivity contribution in [1.29, 1.82) is 0 Å². The lowest BCUT2D eigenvalue weighted by molar-refractivity contribution is 0.0642. The number of ether oxygens (including phenoxy) is 3. The molecular weight excluding hydrogens is 220 g/mol. The molecule has 1 aromatic heterocycles. The Morgan fingerprint density at radius 1 is 1.24 bits per heavy atom. The van der Waals surface area contributed by atoms with Crippen LogP contribution in [-0.2, 0) is 9.47 Å². The Kier molecular flexibility index (Phi) is 6.35. The fraction of sp³-hybridized carbons (Fsp3) is 0.583. The fourth-order valence-electron chi connectivity index (χ4n) is 1.18. The Balaban J connectivity index is 2.11. The highest BCUT2D eigenvalue weighted by atomic mass is 16.5. The first kappa shape index (κ1) is 13.7. The number of hydrogen-bond donors (Lipinski definition) is 1. The molecule has 0 atom stereocenters. The summed E-state index contributed by atoms with van der Waals surface area (Å²) in [5.41, 5.74) is 7.41. The Morgan fingerprint density at radius 3 is 2.76 bits per heavy atom. The normalized spacial score (nSPS) is 10.5. The molecule has 0 amide bonds. The van der Waals surface area contributed by atoms with Gasteiger partial charge in [-0.3, -0.25) is 0 Å². The number of nitrogens with zero attached hydrogens (tertiary/aromatic N) is 1. The van der Waals surface area contributed by atoms with E-state index in [1.807, 2.05) is 6.92 Å². The van der Waals surface area contributed by atoms with Crippen molar-refractivity contribution in [3.8, 4) is 5.88 Å². The first-order valence-electron chi connectivity index (χ1n) is 5.65. The van der Waals surface area contributed by atoms with Crippen LogP contribution in [0.15, 0.2) is 12.3 Å². The topological polar surface area (TPSA) is 66.6 Å². The quantitative estimate of drug-likeness (QED) is 0.696. The maximum absolute atomic E-state index is 5.75. The van der Waals surface area contributed by atoms with E-state index in [1.165, 1.54) is 0 Å². The lowest BCUT2D eigenvalue weighted by Gasteiger charge is -2.07. The number of nitrogen functional groups attached to an aromatic ring is 1. The van der Waals surface area contributed by atoms with Gasteiger partial charge in [0.25, 0.3) is 0 Å². The SMILES string of the molecule is COCCOCCCOc1cc(N)c(C)cn1. The summed E-state index contributed by atoms with van der Waals surface area (Å²) in [6, 6.07) is 1.74. The largest absolute Gasteiger partial charge is 0.478 e. The van der Waals surface area contributed by atoms with Crippen LogP contribution in [0.3, 0.4) is 0 Å². The molecule has 96 valence electrons. The number of aryl methyl sites for hydroxylation is 1. The molecule has 1 aromatic rings. The van der Waals surface area contributed by atoms with Gasteiger partial charge >= 0.3 is 0 Å². The summed E-state index contributed by atoms with van der Waals surface area (Å²) >= 11 is 0. The van der Waals surface area contributed by atoms with Crippen LogP contribution in [0.4, 0.5) is 5.69 Å². The van der Waals surface area contributed by atoms with Crippen LogP contribution < -0.4 is 10.5 Å². The van der Waals surface area contributed by atoms with Crippen LogP contribution in [0.5, 0.6) is 5.88 Å². The van der Waals surface area contributed by atoms with Crippen LogP contribution >= 0.6 is 0 Å². The molecule has 0 unspecified atom stereocenters. The predicted molar refractivity (Wildman–Crippen MR) is 66.2 cm³/mol. The third-order valence-electron chi connectivity index (χ3n) is 2.23. The van der Waals surface area contributed by atoms with Gasteiger partial charge in [0.15, 0.2) is 0 Å². The van der Waals surface area contributed by atoms with Gasteiger partial charge in [-0.25, -0.2) is 4.98 Å². The molecule has 2 N–H and O–H groups in total. The molecular formula is C12H20N2O3. The highest BCUT2D eigenvalue weighted by Crippen LogP contribution is 2.15. The molecule has 0 fully saturated rings. The van der Waals surface area contributed by atoms with Gasteiger partial charge in [0, 0.05) is 38.1 Å². The first-order chi connectivity index (χ1) is 8.24. The molecule has 0 aliphatic rings. The van der Waals surface area contributed by atoms with Crippen molar-refractivity contribution in [3.63, 3.8) is 0 Å². The van der Waals surface area contributed by atoms with E-state index < -0.39 is 0 Å². The summed E-state index contributed by atoms with van der Waals surface area (Å²) in [6.45, 7) is 4.38. The van der Waals surface area contributed by atoms with Gasteiger partial charge in [0.05, 0.1) is 19.8 Å². The molecule has 0 aliphatic heterocycles. The zero-order valence-electron chi connectivity index (χ0n) is 10.4. The van der Waals surface area contributed by atoms with Crippen LogP contribution in [0, 0.1) is 6.92 Å². The second kappa shape index (κ2) is 7.86. The van der Waals surface area contributed by atoms with Gasteiger partial charge in [-0.05, 0) is 12.5 Å². The lowest BCUT2D eigenvalue weighted by Crippen LogP contribution is -2.07. The average molecular weight is 240 g/mol. The van der Waals surface area contributed by atoms with Crippen molar-refractivity contribution in [1.82, 2.24) is 4.98 Å². The zero-order valence-corrected chi connectivity index (χ0v) is 10.4. The minimum atomic E-state index is 0.560. The molecule has 0 aromatic carbocycles. The maximum atomic E-state index is 5.75. The van der Waals surface area contributed by atoms with Gasteiger partial charge in [0.2, 0.25) is 5.88 Å². The smallest absolute Gasteiger partial charge is 0.215 e. The molecule has 5 heteroatoms. The molecule has 0 spiro atoms. The van der Waals surface area contributed by atoms with E-state index in [4.69, 9.17) is 19.9 Å². The van der Waals surface area contributed by atoms with Crippen molar-refractivity contribution >= 4 is 5.69 Å². The van der Waals surface area contributed by atoms with Crippen LogP contribution in [0.25, 0.3) is 0 Å². The second-order valence-electron chi connectivity index (χ2n) is 3.69. The number of hydrogen-bond acceptors (Lipinski definition) is 5. The van der Waals surface area contributed by atoms with Gasteiger partial charge < -0.3 is 19.9 Å². The average Bonchev–Trinajstić information content (AvgIpc) is 2.32. The van der Waals surface area contributed by atoms with Gasteiger partial charge in [-0.15, -0.1) is 0 Å². The van der Waals surface area contributed by atoms with E-state index in [2.05, 4.69) is 4.98 Å². The summed E-state index contributed by atoms with van der Waals surface area (Å²) in [7, 11) is 1.65. The van der Waals surface area contributed by atoms with Crippen LogP contribution in [-0.4, -0.2) is 38.5 Å². The van der Waals surface area contributed by atoms with Crippen molar-refractivity contribution in [3.05, 3.63) is 17.8 Å². The van der Waals surface area contributed by atoms with Crippen molar-refractivity contribution < 1.29 is 14.2 Å². The molecule has 0 radical (unpaired) electrons. The third kappa shape index (κ3) is 5.51. The Hall–Kier alpha value is -1.33. The molecule has 5 nitrogen and oxygen atoms in total. The molecule has 0 aliphatic carbocycles. The monoisotopic (exact) mass is 240 g/mol. The predicted octanol–water partition coefficient (Wildman–Crippen LogP) is 1.40. The highest BCUT2D eigenvalue weighted by Gasteiger charge is 1.99. The van der Waals surface area contributed by atoms with Gasteiger partial charge in [0.1, 0.15) is 0 Å². The Bertz CT molecular complexity index is 332. The van der Waals surface area contributed by atoms with E-state index in [-0.39, 0.29) is 0 Å². The van der Waals surface area contributed by atoms with Crippen LogP contribution in [0.1, 0.15) is 12.0 Å². The maximum Gasteiger partial charge on any atom is 0.215 e. The van der Waals surface area contributed by atoms with Crippen LogP contribution in [0.2, 0.25) is 0 Å². The zero-order chi connectivity index (χ0) is 12.5. The summed E-state index contributed by atoms with van der Waals surface area (Å²) in [6.07, 6.45) is 2.53. The highest BCUT2D eigenvalue weighted by molar-refractivity contribution is 5.46. The summed E-state index contributed by atoms with van der Waals surface area (Å²) in [5.74, 6) is 0.560. The van der Waals surface area contributed by atoms with E-state index in [0.29, 0.717) is 38.0 Å². The fourth-order valence-corrected chi connectivity index (χ4v) is 1.18. The number of nitrogens with two attached hydrogens (primary N) is 1. The van der Waals surface area contributed by atoms with E-state index in [1.54, 1.807) is 19.4 Å². The third-order valence-corrected chi connectivity index (χ3v) is 2.23. The summed E-state index contributed by atoms with van der Waals surface area (Å²) in [5, 5.41) is 0. The summed E-state index contributed by atoms with van der Waals surface area (Å²) < 4.78 is 15.6. The first-order valence-corrected chi connectivity index (χ1v) is 5.65. The molecule has 1 heterocycles. The lowest BCUT2D eigenvalue weighted by atomic mass is 10.3. The molecule has 0 saturated carbocycles. The Morgan fingerprint density at radius 2 is 2.06 bits per heavy atom. The molecule has 0 bridgehead atoms. The minimum Gasteiger partial charge on any atom is -0.478 e. The number of anilines is 1. The van der Waals surface area contributed by atoms with Gasteiger partial charge in [-0.2, -0.15) is 0 Å². The van der Waals surface area contributed by atoms with Crippen molar-refractivity contribution in [2.24, 2.45) is 0 Å². The van der Waals surface area contributed by atoms with Crippen molar-refractivity contribution in [2.75, 3.05) is 39.3 Å². The number of methoxy groups -OCH3 is 1. The number of pyridine rings is 1. The van der Waals surface area contributed by atoms with E-state index in [9.17, 15) is 0 Å². The van der Waals surface area contributed by atoms with E-state index in [0.717, 1.165) is 12.0 Å². The summed E-state index contributed by atoms with van der Waals surface area (Å²) in [4.78, 5) is 4.12.